The van der Waals surface area contributed by atoms with E-state index in [2.05, 4.69) is 0 Å². The number of nitro benzene ring substituents is 1. The van der Waals surface area contributed by atoms with Crippen molar-refractivity contribution in [3.63, 3.8) is 0 Å². The molecule has 26 heavy (non-hydrogen) atoms. The van der Waals surface area contributed by atoms with Gasteiger partial charge in [0.1, 0.15) is 0 Å². The van der Waals surface area contributed by atoms with Crippen LogP contribution < -0.4 is 5.73 Å². The number of nitrogens with zero attached hydrogens (tertiary/aromatic N) is 2. The molecule has 136 valence electrons. The van der Waals surface area contributed by atoms with Crippen LogP contribution in [0.25, 0.3) is 0 Å². The van der Waals surface area contributed by atoms with Gasteiger partial charge in [0.15, 0.2) is 0 Å². The van der Waals surface area contributed by atoms with Gasteiger partial charge < -0.3 is 10.6 Å². The van der Waals surface area contributed by atoms with E-state index in [4.69, 9.17) is 5.73 Å². The summed E-state index contributed by atoms with van der Waals surface area (Å²) in [4.78, 5) is 26.9. The Hall–Kier alpha value is -2.38. The summed E-state index contributed by atoms with van der Waals surface area (Å²) >= 11 is 1.32. The summed E-state index contributed by atoms with van der Waals surface area (Å²) in [5.74, 6) is -0.174. The highest BCUT2D eigenvalue weighted by molar-refractivity contribution is 7.99. The Morgan fingerprint density at radius 1 is 1.19 bits per heavy atom. The smallest absolute Gasteiger partial charge is 0.284 e. The van der Waals surface area contributed by atoms with Gasteiger partial charge in [-0.3, -0.25) is 14.9 Å². The van der Waals surface area contributed by atoms with E-state index in [0.717, 1.165) is 23.3 Å². The highest BCUT2D eigenvalue weighted by Gasteiger charge is 2.24. The summed E-state index contributed by atoms with van der Waals surface area (Å²) < 4.78 is 0. The predicted octanol–water partition coefficient (Wildman–Crippen LogP) is 3.62. The Balaban J connectivity index is 1.83. The molecule has 1 aliphatic heterocycles. The minimum Gasteiger partial charge on any atom is -0.339 e. The van der Waals surface area contributed by atoms with Gasteiger partial charge in [-0.25, -0.2) is 0 Å². The van der Waals surface area contributed by atoms with Gasteiger partial charge in [0.05, 0.1) is 9.82 Å². The highest BCUT2D eigenvalue weighted by atomic mass is 32.2. The fourth-order valence-corrected chi connectivity index (χ4v) is 3.80. The maximum absolute atomic E-state index is 12.6. The lowest BCUT2D eigenvalue weighted by Gasteiger charge is -2.30. The van der Waals surface area contributed by atoms with Crippen LogP contribution in [0.15, 0.2) is 52.3 Å². The highest BCUT2D eigenvalue weighted by Crippen LogP contribution is 2.35. The van der Waals surface area contributed by atoms with E-state index in [1.165, 1.54) is 17.8 Å². The Bertz CT molecular complexity index is 815. The molecule has 1 aliphatic rings. The van der Waals surface area contributed by atoms with Crippen LogP contribution in [0.3, 0.4) is 0 Å². The molecule has 1 amide bonds. The first kappa shape index (κ1) is 18.4. The number of piperidine rings is 1. The van der Waals surface area contributed by atoms with Crippen LogP contribution in [0.2, 0.25) is 0 Å². The van der Waals surface area contributed by atoms with Crippen LogP contribution >= 0.6 is 11.8 Å². The molecule has 0 atom stereocenters. The van der Waals surface area contributed by atoms with E-state index in [-0.39, 0.29) is 17.6 Å². The number of nitro groups is 1. The molecule has 1 heterocycles. The number of rotatable bonds is 4. The summed E-state index contributed by atoms with van der Waals surface area (Å²) in [6.07, 6.45) is 1.52. The predicted molar refractivity (Wildman–Crippen MR) is 102 cm³/mol. The first-order chi connectivity index (χ1) is 12.4. The maximum Gasteiger partial charge on any atom is 0.284 e. The summed E-state index contributed by atoms with van der Waals surface area (Å²) in [6.45, 7) is 3.17. The Labute approximate surface area is 156 Å². The fourth-order valence-electron chi connectivity index (χ4n) is 2.90. The Morgan fingerprint density at radius 3 is 2.46 bits per heavy atom. The second-order valence-electron chi connectivity index (χ2n) is 6.48. The van der Waals surface area contributed by atoms with Crippen LogP contribution in [0, 0.1) is 17.0 Å². The van der Waals surface area contributed by atoms with Crippen molar-refractivity contribution in [2.24, 2.45) is 5.73 Å². The Morgan fingerprint density at radius 2 is 1.85 bits per heavy atom. The lowest BCUT2D eigenvalue weighted by molar-refractivity contribution is -0.387. The minimum absolute atomic E-state index is 0.0462. The van der Waals surface area contributed by atoms with Crippen molar-refractivity contribution in [2.75, 3.05) is 13.1 Å². The van der Waals surface area contributed by atoms with Gasteiger partial charge in [-0.1, -0.05) is 29.5 Å². The first-order valence-electron chi connectivity index (χ1n) is 8.52. The number of carbonyl (C=O) groups is 1. The topological polar surface area (TPSA) is 89.5 Å². The number of nitrogens with two attached hydrogens (primary N) is 1. The van der Waals surface area contributed by atoms with Crippen molar-refractivity contribution in [1.29, 1.82) is 0 Å². The molecule has 0 aromatic heterocycles. The van der Waals surface area contributed by atoms with E-state index < -0.39 is 4.92 Å². The van der Waals surface area contributed by atoms with Crippen molar-refractivity contribution >= 4 is 23.4 Å². The zero-order valence-electron chi connectivity index (χ0n) is 14.6. The third-order valence-corrected chi connectivity index (χ3v) is 5.55. The molecule has 3 rings (SSSR count). The van der Waals surface area contributed by atoms with Crippen LogP contribution in [-0.4, -0.2) is 34.9 Å². The normalized spacial score (nSPS) is 15.1. The lowest BCUT2D eigenvalue weighted by Crippen LogP contribution is -2.42. The molecule has 2 N–H and O–H groups in total. The standard InChI is InChI=1S/C19H21N3O3S/c1-13-2-5-16(6-3-13)26-18-7-4-14(12-17(18)22(24)25)19(23)21-10-8-15(20)9-11-21/h2-7,12,15H,8-11,20H2,1H3. The monoisotopic (exact) mass is 371 g/mol. The summed E-state index contributed by atoms with van der Waals surface area (Å²) in [6, 6.07) is 12.6. The number of aryl methyl sites for hydroxylation is 1. The molecule has 6 nitrogen and oxygen atoms in total. The number of amides is 1. The minimum atomic E-state index is -0.431. The van der Waals surface area contributed by atoms with Crippen molar-refractivity contribution in [1.82, 2.24) is 4.90 Å². The van der Waals surface area contributed by atoms with Crippen LogP contribution in [0.4, 0.5) is 5.69 Å². The quantitative estimate of drug-likeness (QED) is 0.655. The van der Waals surface area contributed by atoms with Crippen molar-refractivity contribution in [3.05, 3.63) is 63.7 Å². The molecule has 0 bridgehead atoms. The average Bonchev–Trinajstić information content (AvgIpc) is 2.64. The second kappa shape index (κ2) is 7.88. The molecular weight excluding hydrogens is 350 g/mol. The first-order valence-corrected chi connectivity index (χ1v) is 9.33. The second-order valence-corrected chi connectivity index (χ2v) is 7.60. The molecule has 0 spiro atoms. The summed E-state index contributed by atoms with van der Waals surface area (Å²) in [7, 11) is 0. The molecule has 0 aliphatic carbocycles. The van der Waals surface area contributed by atoms with Crippen LogP contribution in [0.1, 0.15) is 28.8 Å². The number of hydrogen-bond donors (Lipinski definition) is 1. The zero-order valence-corrected chi connectivity index (χ0v) is 15.4. The van der Waals surface area contributed by atoms with Gasteiger partial charge in [0.2, 0.25) is 0 Å². The molecule has 7 heteroatoms. The number of benzene rings is 2. The number of likely N-dealkylation sites (tertiary alicyclic amines) is 1. The number of hydrogen-bond acceptors (Lipinski definition) is 5. The fraction of sp³-hybridized carbons (Fsp3) is 0.316. The molecule has 0 radical (unpaired) electrons. The SMILES string of the molecule is Cc1ccc(Sc2ccc(C(=O)N3CCC(N)CC3)cc2[N+](=O)[O-])cc1. The van der Waals surface area contributed by atoms with Gasteiger partial charge in [-0.05, 0) is 44.0 Å². The Kier molecular flexibility index (Phi) is 5.58. The molecule has 0 unspecified atom stereocenters. The van der Waals surface area contributed by atoms with Gasteiger partial charge in [0.25, 0.3) is 11.6 Å². The molecular formula is C19H21N3O3S. The summed E-state index contributed by atoms with van der Waals surface area (Å²) in [5, 5.41) is 11.5. The van der Waals surface area contributed by atoms with Gasteiger partial charge in [-0.2, -0.15) is 0 Å². The van der Waals surface area contributed by atoms with E-state index >= 15 is 0 Å². The van der Waals surface area contributed by atoms with Gasteiger partial charge in [0, 0.05) is 35.7 Å². The van der Waals surface area contributed by atoms with Crippen LogP contribution in [-0.2, 0) is 0 Å². The van der Waals surface area contributed by atoms with E-state index in [0.29, 0.717) is 23.5 Å². The molecule has 2 aromatic rings. The average molecular weight is 371 g/mol. The third-order valence-electron chi connectivity index (χ3n) is 4.48. The van der Waals surface area contributed by atoms with E-state index in [9.17, 15) is 14.9 Å². The van der Waals surface area contributed by atoms with Crippen LogP contribution in [0.5, 0.6) is 0 Å². The van der Waals surface area contributed by atoms with Crippen molar-refractivity contribution in [3.8, 4) is 0 Å². The largest absolute Gasteiger partial charge is 0.339 e. The van der Waals surface area contributed by atoms with E-state index in [1.54, 1.807) is 17.0 Å². The molecule has 0 saturated carbocycles. The maximum atomic E-state index is 12.6. The van der Waals surface area contributed by atoms with Crippen molar-refractivity contribution in [2.45, 2.75) is 35.6 Å². The molecule has 2 aromatic carbocycles. The van der Waals surface area contributed by atoms with Gasteiger partial charge in [-0.15, -0.1) is 0 Å². The lowest BCUT2D eigenvalue weighted by atomic mass is 10.0. The zero-order chi connectivity index (χ0) is 18.7. The van der Waals surface area contributed by atoms with E-state index in [1.807, 2.05) is 31.2 Å². The summed E-state index contributed by atoms with van der Waals surface area (Å²) in [5.41, 5.74) is 7.30. The van der Waals surface area contributed by atoms with Gasteiger partial charge >= 0.3 is 0 Å². The van der Waals surface area contributed by atoms with Crippen molar-refractivity contribution < 1.29 is 9.72 Å². The third kappa shape index (κ3) is 4.23. The number of carbonyl (C=O) groups excluding carboxylic acids is 1. The molecule has 1 fully saturated rings. The molecule has 1 saturated heterocycles.